The first-order chi connectivity index (χ1) is 13.7. The van der Waals surface area contributed by atoms with Crippen LogP contribution in [0.1, 0.15) is 11.4 Å². The third-order valence-electron chi connectivity index (χ3n) is 4.68. The highest BCUT2D eigenvalue weighted by molar-refractivity contribution is 5.76. The minimum atomic E-state index is 0.612. The van der Waals surface area contributed by atoms with Crippen LogP contribution in [-0.4, -0.2) is 33.7 Å². The number of rotatable bonds is 6. The van der Waals surface area contributed by atoms with Crippen LogP contribution >= 0.6 is 0 Å². The molecule has 0 amide bonds. The zero-order valence-electron chi connectivity index (χ0n) is 16.1. The van der Waals surface area contributed by atoms with Gasteiger partial charge in [-0.05, 0) is 19.1 Å². The summed E-state index contributed by atoms with van der Waals surface area (Å²) >= 11 is 0. The molecule has 0 aliphatic heterocycles. The van der Waals surface area contributed by atoms with E-state index < -0.39 is 0 Å². The Labute approximate surface area is 163 Å². The standard InChI is InChI=1S/C22H22N4O2/c1-15-23-12-19(25-15)22-21(16-7-5-4-6-8-16)24-14-26(22)13-17-9-10-18(27-2)11-20(17)28-3/h4-12,14H,13H2,1-3H3,(H,23,25). The molecule has 142 valence electrons. The molecule has 0 saturated heterocycles. The summed E-state index contributed by atoms with van der Waals surface area (Å²) in [4.78, 5) is 12.4. The molecule has 0 bridgehead atoms. The zero-order valence-corrected chi connectivity index (χ0v) is 16.1. The SMILES string of the molecule is COc1ccc(Cn2cnc(-c3ccccc3)c2-c2cnc(C)[nH]2)c(OC)c1. The molecule has 28 heavy (non-hydrogen) atoms. The van der Waals surface area contributed by atoms with Crippen molar-refractivity contribution in [3.05, 3.63) is 72.4 Å². The van der Waals surface area contributed by atoms with Crippen LogP contribution in [0.3, 0.4) is 0 Å². The average Bonchev–Trinajstić information content (AvgIpc) is 3.34. The van der Waals surface area contributed by atoms with Crippen LogP contribution in [0.2, 0.25) is 0 Å². The molecule has 0 atom stereocenters. The average molecular weight is 374 g/mol. The third kappa shape index (κ3) is 3.36. The number of aryl methyl sites for hydroxylation is 1. The molecule has 1 N–H and O–H groups in total. The van der Waals surface area contributed by atoms with Crippen LogP contribution in [0.5, 0.6) is 11.5 Å². The zero-order chi connectivity index (χ0) is 19.5. The number of hydrogen-bond acceptors (Lipinski definition) is 4. The van der Waals surface area contributed by atoms with E-state index in [-0.39, 0.29) is 0 Å². The summed E-state index contributed by atoms with van der Waals surface area (Å²) in [5.41, 5.74) is 4.94. The number of imidazole rings is 2. The van der Waals surface area contributed by atoms with E-state index in [0.717, 1.165) is 45.5 Å². The lowest BCUT2D eigenvalue weighted by Crippen LogP contribution is -2.03. The highest BCUT2D eigenvalue weighted by atomic mass is 16.5. The van der Waals surface area contributed by atoms with Gasteiger partial charge in [-0.3, -0.25) is 0 Å². The summed E-state index contributed by atoms with van der Waals surface area (Å²) in [6.45, 7) is 2.55. The number of aromatic amines is 1. The van der Waals surface area contributed by atoms with Gasteiger partial charge in [0.15, 0.2) is 0 Å². The first-order valence-electron chi connectivity index (χ1n) is 9.03. The van der Waals surface area contributed by atoms with Gasteiger partial charge < -0.3 is 19.0 Å². The smallest absolute Gasteiger partial charge is 0.127 e. The normalized spacial score (nSPS) is 10.8. The van der Waals surface area contributed by atoms with Gasteiger partial charge in [-0.25, -0.2) is 9.97 Å². The summed E-state index contributed by atoms with van der Waals surface area (Å²) in [5, 5.41) is 0. The van der Waals surface area contributed by atoms with Crippen molar-refractivity contribution in [2.75, 3.05) is 14.2 Å². The molecule has 0 fully saturated rings. The van der Waals surface area contributed by atoms with Crippen LogP contribution in [0.15, 0.2) is 61.1 Å². The first-order valence-corrected chi connectivity index (χ1v) is 9.03. The van der Waals surface area contributed by atoms with Crippen molar-refractivity contribution in [1.82, 2.24) is 19.5 Å². The Morgan fingerprint density at radius 3 is 2.50 bits per heavy atom. The number of benzene rings is 2. The molecule has 2 aromatic carbocycles. The van der Waals surface area contributed by atoms with E-state index in [1.165, 1.54) is 0 Å². The van der Waals surface area contributed by atoms with E-state index in [1.807, 2.05) is 55.8 Å². The van der Waals surface area contributed by atoms with Gasteiger partial charge in [0, 0.05) is 17.2 Å². The maximum atomic E-state index is 5.57. The number of nitrogens with zero attached hydrogens (tertiary/aromatic N) is 3. The van der Waals surface area contributed by atoms with Gasteiger partial charge in [0.05, 0.1) is 50.4 Å². The lowest BCUT2D eigenvalue weighted by atomic mass is 10.1. The molecule has 6 nitrogen and oxygen atoms in total. The number of nitrogens with one attached hydrogen (secondary N) is 1. The first kappa shape index (κ1) is 17.9. The Morgan fingerprint density at radius 2 is 1.82 bits per heavy atom. The molecule has 0 radical (unpaired) electrons. The van der Waals surface area contributed by atoms with Gasteiger partial charge in [0.1, 0.15) is 17.3 Å². The van der Waals surface area contributed by atoms with Crippen molar-refractivity contribution < 1.29 is 9.47 Å². The second-order valence-corrected chi connectivity index (χ2v) is 6.50. The van der Waals surface area contributed by atoms with Crippen molar-refractivity contribution in [2.24, 2.45) is 0 Å². The molecule has 0 spiro atoms. The molecule has 4 rings (SSSR count). The molecule has 0 aliphatic carbocycles. The van der Waals surface area contributed by atoms with E-state index in [4.69, 9.17) is 14.5 Å². The number of ether oxygens (including phenoxy) is 2. The summed E-state index contributed by atoms with van der Waals surface area (Å²) in [6.07, 6.45) is 3.71. The second kappa shape index (κ2) is 7.60. The topological polar surface area (TPSA) is 65.0 Å². The molecule has 0 unspecified atom stereocenters. The van der Waals surface area contributed by atoms with Crippen LogP contribution in [-0.2, 0) is 6.54 Å². The lowest BCUT2D eigenvalue weighted by Gasteiger charge is -2.13. The van der Waals surface area contributed by atoms with Crippen LogP contribution in [0.25, 0.3) is 22.6 Å². The minimum absolute atomic E-state index is 0.612. The van der Waals surface area contributed by atoms with Gasteiger partial charge in [-0.15, -0.1) is 0 Å². The van der Waals surface area contributed by atoms with E-state index in [0.29, 0.717) is 6.54 Å². The third-order valence-corrected chi connectivity index (χ3v) is 4.68. The molecule has 2 aromatic heterocycles. The predicted molar refractivity (Wildman–Crippen MR) is 109 cm³/mol. The van der Waals surface area contributed by atoms with Gasteiger partial charge in [0.25, 0.3) is 0 Å². The second-order valence-electron chi connectivity index (χ2n) is 6.50. The van der Waals surface area contributed by atoms with Crippen molar-refractivity contribution in [3.63, 3.8) is 0 Å². The molecular weight excluding hydrogens is 352 g/mol. The molecular formula is C22H22N4O2. The fourth-order valence-corrected chi connectivity index (χ4v) is 3.30. The Hall–Kier alpha value is -3.54. The van der Waals surface area contributed by atoms with Crippen molar-refractivity contribution in [2.45, 2.75) is 13.5 Å². The van der Waals surface area contributed by atoms with Crippen molar-refractivity contribution in [1.29, 1.82) is 0 Å². The van der Waals surface area contributed by atoms with Crippen molar-refractivity contribution >= 4 is 0 Å². The molecule has 0 aliphatic rings. The molecule has 4 aromatic rings. The van der Waals surface area contributed by atoms with Crippen molar-refractivity contribution in [3.8, 4) is 34.1 Å². The van der Waals surface area contributed by atoms with Gasteiger partial charge in [-0.2, -0.15) is 0 Å². The number of hydrogen-bond donors (Lipinski definition) is 1. The summed E-state index contributed by atoms with van der Waals surface area (Å²) in [6, 6.07) is 16.0. The maximum absolute atomic E-state index is 5.57. The Morgan fingerprint density at radius 1 is 1.00 bits per heavy atom. The summed E-state index contributed by atoms with van der Waals surface area (Å²) < 4.78 is 13.0. The van der Waals surface area contributed by atoms with Crippen LogP contribution in [0, 0.1) is 6.92 Å². The minimum Gasteiger partial charge on any atom is -0.497 e. The monoisotopic (exact) mass is 374 g/mol. The Balaban J connectivity index is 1.81. The van der Waals surface area contributed by atoms with E-state index in [9.17, 15) is 0 Å². The Bertz CT molecular complexity index is 1080. The largest absolute Gasteiger partial charge is 0.497 e. The number of methoxy groups -OCH3 is 2. The number of H-pyrrole nitrogens is 1. The molecule has 6 heteroatoms. The molecule has 0 saturated carbocycles. The predicted octanol–water partition coefficient (Wildman–Crippen LogP) is 4.31. The highest BCUT2D eigenvalue weighted by Crippen LogP contribution is 2.32. The highest BCUT2D eigenvalue weighted by Gasteiger charge is 2.18. The quantitative estimate of drug-likeness (QED) is 0.546. The van der Waals surface area contributed by atoms with E-state index in [2.05, 4.69) is 26.7 Å². The van der Waals surface area contributed by atoms with Crippen LogP contribution in [0.4, 0.5) is 0 Å². The van der Waals surface area contributed by atoms with Gasteiger partial charge in [0.2, 0.25) is 0 Å². The maximum Gasteiger partial charge on any atom is 0.127 e. The number of aromatic nitrogens is 4. The lowest BCUT2D eigenvalue weighted by molar-refractivity contribution is 0.390. The van der Waals surface area contributed by atoms with Gasteiger partial charge in [-0.1, -0.05) is 30.3 Å². The van der Waals surface area contributed by atoms with Crippen LogP contribution < -0.4 is 9.47 Å². The summed E-state index contributed by atoms with van der Waals surface area (Å²) in [5.74, 6) is 2.41. The van der Waals surface area contributed by atoms with Gasteiger partial charge >= 0.3 is 0 Å². The fraction of sp³-hybridized carbons (Fsp3) is 0.182. The van der Waals surface area contributed by atoms with E-state index in [1.54, 1.807) is 14.2 Å². The fourth-order valence-electron chi connectivity index (χ4n) is 3.30. The molecule has 2 heterocycles. The summed E-state index contributed by atoms with van der Waals surface area (Å²) in [7, 11) is 3.32. The Kier molecular flexibility index (Phi) is 4.85. The van der Waals surface area contributed by atoms with E-state index >= 15 is 0 Å².